The van der Waals surface area contributed by atoms with Crippen molar-refractivity contribution >= 4 is 46.1 Å². The maximum absolute atomic E-state index is 13.4. The maximum atomic E-state index is 13.4. The summed E-state index contributed by atoms with van der Waals surface area (Å²) in [4.78, 5) is 22.8. The van der Waals surface area contributed by atoms with Crippen molar-refractivity contribution in [2.24, 2.45) is 5.92 Å². The van der Waals surface area contributed by atoms with Crippen molar-refractivity contribution in [2.75, 3.05) is 24.2 Å². The van der Waals surface area contributed by atoms with Gasteiger partial charge >= 0.3 is 0 Å². The van der Waals surface area contributed by atoms with E-state index in [1.807, 2.05) is 35.1 Å². The number of fused-ring (bicyclic) bond motifs is 1. The lowest BCUT2D eigenvalue weighted by Gasteiger charge is -2.28. The first-order chi connectivity index (χ1) is 16.4. The summed E-state index contributed by atoms with van der Waals surface area (Å²) in [7, 11) is 0. The molecule has 9 heteroatoms. The van der Waals surface area contributed by atoms with Gasteiger partial charge in [0, 0.05) is 18.1 Å². The lowest BCUT2D eigenvalue weighted by atomic mass is 9.78. The van der Waals surface area contributed by atoms with Gasteiger partial charge in [0.2, 0.25) is 5.91 Å². The average Bonchev–Trinajstić information content (AvgIpc) is 3.47. The highest BCUT2D eigenvalue weighted by molar-refractivity contribution is 7.99. The molecule has 1 saturated carbocycles. The highest BCUT2D eigenvalue weighted by Crippen LogP contribution is 2.41. The standard InChI is InChI=1S/C25H33ClN6OS/c1-4-34-24-30-21(28-15-17(2)3)20-16-29-32(22(20)31-24)14-13-27-23(33)25(11-5-6-12-25)18-7-9-19(26)10-8-18/h7-10,16-17H,4-6,11-15H2,1-3H3,(H,27,33)(H,28,30,31). The van der Waals surface area contributed by atoms with Gasteiger partial charge in [-0.3, -0.25) is 4.79 Å². The number of rotatable bonds is 10. The Bertz CT molecular complexity index is 1120. The molecule has 2 aromatic heterocycles. The number of carbonyl (C=O) groups excluding carboxylic acids is 1. The van der Waals surface area contributed by atoms with E-state index >= 15 is 0 Å². The van der Waals surface area contributed by atoms with Gasteiger partial charge in [-0.05, 0) is 42.2 Å². The molecule has 1 aliphatic carbocycles. The van der Waals surface area contributed by atoms with E-state index in [1.165, 1.54) is 0 Å². The Morgan fingerprint density at radius 3 is 2.62 bits per heavy atom. The Hall–Kier alpha value is -2.32. The fraction of sp³-hybridized carbons (Fsp3) is 0.520. The van der Waals surface area contributed by atoms with E-state index in [-0.39, 0.29) is 5.91 Å². The number of carbonyl (C=O) groups is 1. The highest BCUT2D eigenvalue weighted by atomic mass is 35.5. The monoisotopic (exact) mass is 500 g/mol. The topological polar surface area (TPSA) is 84.7 Å². The molecule has 0 radical (unpaired) electrons. The average molecular weight is 501 g/mol. The van der Waals surface area contributed by atoms with Crippen LogP contribution in [0.4, 0.5) is 5.82 Å². The number of nitrogens with one attached hydrogen (secondary N) is 2. The van der Waals surface area contributed by atoms with Gasteiger partial charge in [-0.2, -0.15) is 5.10 Å². The lowest BCUT2D eigenvalue weighted by Crippen LogP contribution is -2.43. The van der Waals surface area contributed by atoms with Crippen LogP contribution in [0.15, 0.2) is 35.6 Å². The van der Waals surface area contributed by atoms with Crippen LogP contribution in [0.5, 0.6) is 0 Å². The molecule has 34 heavy (non-hydrogen) atoms. The number of benzene rings is 1. The number of halogens is 1. The van der Waals surface area contributed by atoms with Crippen molar-refractivity contribution in [3.05, 3.63) is 41.0 Å². The van der Waals surface area contributed by atoms with Crippen LogP contribution < -0.4 is 10.6 Å². The summed E-state index contributed by atoms with van der Waals surface area (Å²) in [5, 5.41) is 13.5. The summed E-state index contributed by atoms with van der Waals surface area (Å²) in [6, 6.07) is 7.72. The van der Waals surface area contributed by atoms with Gasteiger partial charge in [0.1, 0.15) is 5.82 Å². The Morgan fingerprint density at radius 2 is 1.94 bits per heavy atom. The second kappa shape index (κ2) is 11.0. The van der Waals surface area contributed by atoms with Crippen LogP contribution in [0.1, 0.15) is 52.0 Å². The maximum Gasteiger partial charge on any atom is 0.230 e. The number of hydrogen-bond acceptors (Lipinski definition) is 6. The Morgan fingerprint density at radius 1 is 1.21 bits per heavy atom. The van der Waals surface area contributed by atoms with Gasteiger partial charge in [0.25, 0.3) is 0 Å². The van der Waals surface area contributed by atoms with Crippen LogP contribution in [0.3, 0.4) is 0 Å². The molecule has 0 saturated heterocycles. The first kappa shape index (κ1) is 24.8. The van der Waals surface area contributed by atoms with Crippen molar-refractivity contribution < 1.29 is 4.79 Å². The molecule has 3 aromatic rings. The molecule has 1 fully saturated rings. The van der Waals surface area contributed by atoms with Gasteiger partial charge in [0.05, 0.1) is 23.5 Å². The van der Waals surface area contributed by atoms with Crippen molar-refractivity contribution in [3.63, 3.8) is 0 Å². The molecule has 2 heterocycles. The van der Waals surface area contributed by atoms with E-state index in [9.17, 15) is 4.79 Å². The molecule has 1 aliphatic rings. The van der Waals surface area contributed by atoms with Crippen LogP contribution in [-0.4, -0.2) is 44.5 Å². The summed E-state index contributed by atoms with van der Waals surface area (Å²) in [6.45, 7) is 8.28. The molecule has 4 rings (SSSR count). The quantitative estimate of drug-likeness (QED) is 0.290. The molecule has 0 spiro atoms. The van der Waals surface area contributed by atoms with Gasteiger partial charge in [0.15, 0.2) is 10.8 Å². The van der Waals surface area contributed by atoms with Crippen LogP contribution >= 0.6 is 23.4 Å². The summed E-state index contributed by atoms with van der Waals surface area (Å²) in [6.07, 6.45) is 5.65. The third-order valence-corrected chi connectivity index (χ3v) is 7.31. The predicted octanol–water partition coefficient (Wildman–Crippen LogP) is 5.29. The van der Waals surface area contributed by atoms with E-state index in [2.05, 4.69) is 36.5 Å². The zero-order valence-electron chi connectivity index (χ0n) is 20.1. The SMILES string of the molecule is CCSc1nc(NCC(C)C)c2cnn(CCNC(=O)C3(c4ccc(Cl)cc4)CCCC3)c2n1. The van der Waals surface area contributed by atoms with Crippen LogP contribution in [0.25, 0.3) is 11.0 Å². The lowest BCUT2D eigenvalue weighted by molar-refractivity contribution is -0.126. The summed E-state index contributed by atoms with van der Waals surface area (Å²) in [5.74, 6) is 2.30. The van der Waals surface area contributed by atoms with E-state index in [4.69, 9.17) is 21.6 Å². The molecule has 0 bridgehead atoms. The normalized spacial score (nSPS) is 15.2. The van der Waals surface area contributed by atoms with E-state index < -0.39 is 5.41 Å². The molecule has 0 unspecified atom stereocenters. The first-order valence-corrected chi connectivity index (χ1v) is 13.4. The molecule has 2 N–H and O–H groups in total. The minimum Gasteiger partial charge on any atom is -0.369 e. The molecular weight excluding hydrogens is 468 g/mol. The zero-order chi connectivity index (χ0) is 24.1. The Labute approximate surface area is 210 Å². The Kier molecular flexibility index (Phi) is 7.99. The van der Waals surface area contributed by atoms with Gasteiger partial charge in [-0.1, -0.05) is 69.1 Å². The van der Waals surface area contributed by atoms with Gasteiger partial charge < -0.3 is 10.6 Å². The molecular formula is C25H33ClN6OS. The van der Waals surface area contributed by atoms with Crippen LogP contribution in [0, 0.1) is 5.92 Å². The summed E-state index contributed by atoms with van der Waals surface area (Å²) >= 11 is 7.69. The van der Waals surface area contributed by atoms with Crippen molar-refractivity contribution in [1.82, 2.24) is 25.1 Å². The minimum absolute atomic E-state index is 0.0833. The molecule has 1 amide bonds. The van der Waals surface area contributed by atoms with Crippen molar-refractivity contribution in [1.29, 1.82) is 0 Å². The van der Waals surface area contributed by atoms with Gasteiger partial charge in [-0.25, -0.2) is 14.6 Å². The largest absolute Gasteiger partial charge is 0.369 e. The smallest absolute Gasteiger partial charge is 0.230 e. The number of hydrogen-bond donors (Lipinski definition) is 2. The molecule has 0 aliphatic heterocycles. The molecule has 1 aromatic carbocycles. The van der Waals surface area contributed by atoms with E-state index in [1.54, 1.807) is 11.8 Å². The number of anilines is 1. The second-order valence-electron chi connectivity index (χ2n) is 9.22. The second-order valence-corrected chi connectivity index (χ2v) is 10.9. The third-order valence-electron chi connectivity index (χ3n) is 6.32. The fourth-order valence-corrected chi connectivity index (χ4v) is 5.26. The van der Waals surface area contributed by atoms with Crippen molar-refractivity contribution in [2.45, 2.75) is 63.6 Å². The number of amides is 1. The van der Waals surface area contributed by atoms with Gasteiger partial charge in [-0.15, -0.1) is 0 Å². The number of nitrogens with zero attached hydrogens (tertiary/aromatic N) is 4. The molecule has 7 nitrogen and oxygen atoms in total. The van der Waals surface area contributed by atoms with Crippen molar-refractivity contribution in [3.8, 4) is 0 Å². The van der Waals surface area contributed by atoms with E-state index in [0.717, 1.165) is 65.6 Å². The van der Waals surface area contributed by atoms with E-state index in [0.29, 0.717) is 24.0 Å². The third kappa shape index (κ3) is 5.33. The number of thioether (sulfide) groups is 1. The summed E-state index contributed by atoms with van der Waals surface area (Å²) < 4.78 is 1.86. The number of aromatic nitrogens is 4. The Balaban J connectivity index is 1.49. The fourth-order valence-electron chi connectivity index (χ4n) is 4.57. The molecule has 182 valence electrons. The predicted molar refractivity (Wildman–Crippen MR) is 140 cm³/mol. The zero-order valence-corrected chi connectivity index (χ0v) is 21.7. The highest BCUT2D eigenvalue weighted by Gasteiger charge is 2.42. The van der Waals surface area contributed by atoms with Crippen LogP contribution in [-0.2, 0) is 16.8 Å². The minimum atomic E-state index is -0.474. The summed E-state index contributed by atoms with van der Waals surface area (Å²) in [5.41, 5.74) is 1.36. The van der Waals surface area contributed by atoms with Crippen LogP contribution in [0.2, 0.25) is 5.02 Å². The first-order valence-electron chi connectivity index (χ1n) is 12.1. The molecule has 0 atom stereocenters.